The quantitative estimate of drug-likeness (QED) is 0.474. The molecule has 1 aromatic heterocycles. The molecule has 0 spiro atoms. The number of esters is 1. The van der Waals surface area contributed by atoms with E-state index in [-0.39, 0.29) is 23.0 Å². The van der Waals surface area contributed by atoms with Gasteiger partial charge >= 0.3 is 5.97 Å². The van der Waals surface area contributed by atoms with Gasteiger partial charge in [0.1, 0.15) is 5.75 Å². The molecular weight excluding hydrogens is 496 g/mol. The fourth-order valence-electron chi connectivity index (χ4n) is 4.78. The predicted octanol–water partition coefficient (Wildman–Crippen LogP) is 5.10. The molecule has 0 unspecified atom stereocenters. The first-order valence-electron chi connectivity index (χ1n) is 12.9. The largest absolute Gasteiger partial charge is 0.507 e. The van der Waals surface area contributed by atoms with Crippen LogP contribution in [0.1, 0.15) is 83.7 Å². The second kappa shape index (κ2) is 10.0. The highest BCUT2D eigenvalue weighted by Gasteiger charge is 2.33. The molecule has 200 valence electrons. The number of aromatic nitrogens is 1. The average molecular weight is 533 g/mol. The van der Waals surface area contributed by atoms with Gasteiger partial charge in [0.2, 0.25) is 0 Å². The lowest BCUT2D eigenvalue weighted by Crippen LogP contribution is -2.39. The predicted molar refractivity (Wildman–Crippen MR) is 152 cm³/mol. The normalized spacial score (nSPS) is 16.3. The van der Waals surface area contributed by atoms with E-state index in [2.05, 4.69) is 46.5 Å². The van der Waals surface area contributed by atoms with Gasteiger partial charge in [-0.3, -0.25) is 9.36 Å². The smallest absolute Gasteiger partial charge is 0.338 e. The highest BCUT2D eigenvalue weighted by atomic mass is 32.1. The first kappa shape index (κ1) is 27.6. The van der Waals surface area contributed by atoms with Crippen LogP contribution in [0.15, 0.2) is 63.5 Å². The number of nitrogens with zero attached hydrogens (tertiary/aromatic N) is 2. The number of carbonyl (C=O) groups is 1. The fraction of sp³-hybridized carbons (Fsp3) is 0.387. The van der Waals surface area contributed by atoms with Crippen molar-refractivity contribution in [3.05, 3.63) is 95.7 Å². The van der Waals surface area contributed by atoms with Crippen LogP contribution in [-0.4, -0.2) is 22.2 Å². The number of carbonyl (C=O) groups excluding carboxylic acids is 1. The molecule has 2 aromatic carbocycles. The van der Waals surface area contributed by atoms with Crippen molar-refractivity contribution in [3.63, 3.8) is 0 Å². The Morgan fingerprint density at radius 2 is 1.66 bits per heavy atom. The molecule has 1 N–H and O–H groups in total. The topological polar surface area (TPSA) is 80.9 Å². The van der Waals surface area contributed by atoms with Crippen LogP contribution in [0.3, 0.4) is 0 Å². The molecule has 0 fully saturated rings. The summed E-state index contributed by atoms with van der Waals surface area (Å²) in [5.41, 5.74) is 3.40. The molecule has 0 aliphatic carbocycles. The lowest BCUT2D eigenvalue weighted by atomic mass is 9.78. The number of phenols is 1. The maximum Gasteiger partial charge on any atom is 0.338 e. The zero-order valence-electron chi connectivity index (χ0n) is 23.4. The van der Waals surface area contributed by atoms with Gasteiger partial charge in [-0.2, -0.15) is 0 Å². The molecule has 2 heterocycles. The molecule has 6 nitrogen and oxygen atoms in total. The molecule has 3 aromatic rings. The molecule has 7 heteroatoms. The van der Waals surface area contributed by atoms with E-state index in [4.69, 9.17) is 4.74 Å². The summed E-state index contributed by atoms with van der Waals surface area (Å²) in [5, 5.41) is 11.1. The van der Waals surface area contributed by atoms with Gasteiger partial charge in [-0.25, -0.2) is 9.79 Å². The highest BCUT2D eigenvalue weighted by Crippen LogP contribution is 2.40. The van der Waals surface area contributed by atoms with Crippen LogP contribution in [0.25, 0.3) is 6.08 Å². The molecule has 0 radical (unpaired) electrons. The zero-order valence-corrected chi connectivity index (χ0v) is 24.2. The second-order valence-electron chi connectivity index (χ2n) is 11.7. The van der Waals surface area contributed by atoms with Crippen LogP contribution in [0, 0.1) is 0 Å². The van der Waals surface area contributed by atoms with E-state index in [0.29, 0.717) is 26.4 Å². The van der Waals surface area contributed by atoms with Gasteiger partial charge in [-0.05, 0) is 54.0 Å². The lowest BCUT2D eigenvalue weighted by Gasteiger charge is -2.27. The van der Waals surface area contributed by atoms with E-state index in [0.717, 1.165) is 22.3 Å². The van der Waals surface area contributed by atoms with Crippen LogP contribution in [-0.2, 0) is 20.4 Å². The maximum atomic E-state index is 13.9. The number of aromatic hydroxyl groups is 1. The molecular formula is C31H36N2O4S. The van der Waals surface area contributed by atoms with E-state index in [1.165, 1.54) is 11.3 Å². The number of fused-ring (bicyclic) bond motifs is 1. The number of ether oxygens (including phenoxy) is 1. The van der Waals surface area contributed by atoms with E-state index in [1.807, 2.05) is 48.5 Å². The Balaban J connectivity index is 1.99. The van der Waals surface area contributed by atoms with Gasteiger partial charge in [-0.15, -0.1) is 0 Å². The van der Waals surface area contributed by atoms with Crippen LogP contribution in [0.2, 0.25) is 0 Å². The lowest BCUT2D eigenvalue weighted by molar-refractivity contribution is -0.139. The zero-order chi connectivity index (χ0) is 28.0. The van der Waals surface area contributed by atoms with E-state index >= 15 is 0 Å². The molecule has 38 heavy (non-hydrogen) atoms. The molecule has 1 atom stereocenters. The van der Waals surface area contributed by atoms with Crippen LogP contribution in [0.4, 0.5) is 0 Å². The molecule has 4 rings (SSSR count). The van der Waals surface area contributed by atoms with E-state index in [9.17, 15) is 14.7 Å². The summed E-state index contributed by atoms with van der Waals surface area (Å²) in [7, 11) is 0. The number of benzene rings is 2. The van der Waals surface area contributed by atoms with Crippen molar-refractivity contribution >= 4 is 23.4 Å². The van der Waals surface area contributed by atoms with Crippen molar-refractivity contribution in [2.45, 2.75) is 72.3 Å². The van der Waals surface area contributed by atoms with Gasteiger partial charge in [0.05, 0.1) is 28.5 Å². The minimum Gasteiger partial charge on any atom is -0.507 e. The first-order chi connectivity index (χ1) is 17.7. The Hall–Kier alpha value is -3.45. The Labute approximate surface area is 227 Å². The molecule has 0 amide bonds. The van der Waals surface area contributed by atoms with E-state index < -0.39 is 12.0 Å². The van der Waals surface area contributed by atoms with Crippen LogP contribution in [0.5, 0.6) is 5.75 Å². The monoisotopic (exact) mass is 532 g/mol. The van der Waals surface area contributed by atoms with Gasteiger partial charge in [-0.1, -0.05) is 83.2 Å². The standard InChI is InChI=1S/C31H36N2O4S/c1-9-37-28(36)24-18(2)32-29-33(25(24)20-13-11-10-12-14-20)27(35)23(38-29)17-19-15-21(30(3,4)5)26(34)22(16-19)31(6,7)8/h10-17,25,34H,9H2,1-8H3/b23-17-/t25-/m0/s1. The highest BCUT2D eigenvalue weighted by molar-refractivity contribution is 7.07. The summed E-state index contributed by atoms with van der Waals surface area (Å²) in [5.74, 6) is -0.178. The number of hydrogen-bond acceptors (Lipinski definition) is 6. The summed E-state index contributed by atoms with van der Waals surface area (Å²) in [6.45, 7) is 16.1. The summed E-state index contributed by atoms with van der Waals surface area (Å²) in [6.07, 6.45) is 1.86. The van der Waals surface area contributed by atoms with Crippen molar-refractivity contribution in [2.75, 3.05) is 6.61 Å². The molecule has 0 saturated carbocycles. The Morgan fingerprint density at radius 1 is 1.08 bits per heavy atom. The Kier molecular flexibility index (Phi) is 7.28. The number of hydrogen-bond donors (Lipinski definition) is 1. The third kappa shape index (κ3) is 5.12. The fourth-order valence-corrected chi connectivity index (χ4v) is 5.82. The van der Waals surface area contributed by atoms with Crippen molar-refractivity contribution in [3.8, 4) is 5.75 Å². The summed E-state index contributed by atoms with van der Waals surface area (Å²) < 4.78 is 7.47. The number of phenolic OH excluding ortho intramolecular Hbond substituents is 1. The van der Waals surface area contributed by atoms with Gasteiger partial charge in [0, 0.05) is 11.1 Å². The molecule has 1 aliphatic heterocycles. The Bertz CT molecular complexity index is 1560. The SMILES string of the molecule is CCOC(=O)C1=C(C)N=c2s/c(=C\c3cc(C(C)(C)C)c(O)c(C(C)(C)C)c3)c(=O)n2[C@H]1c1ccccc1. The minimum atomic E-state index is -0.635. The van der Waals surface area contributed by atoms with Gasteiger partial charge < -0.3 is 9.84 Å². The average Bonchev–Trinajstić information content (AvgIpc) is 3.12. The molecule has 0 bridgehead atoms. The number of allylic oxidation sites excluding steroid dienone is 1. The summed E-state index contributed by atoms with van der Waals surface area (Å²) >= 11 is 1.30. The Morgan fingerprint density at radius 3 is 2.18 bits per heavy atom. The third-order valence-electron chi connectivity index (χ3n) is 6.68. The molecule has 0 saturated heterocycles. The van der Waals surface area contributed by atoms with Crippen molar-refractivity contribution in [1.29, 1.82) is 0 Å². The van der Waals surface area contributed by atoms with Crippen molar-refractivity contribution < 1.29 is 14.6 Å². The van der Waals surface area contributed by atoms with Crippen LogP contribution >= 0.6 is 11.3 Å². The first-order valence-corrected chi connectivity index (χ1v) is 13.7. The van der Waals surface area contributed by atoms with Crippen molar-refractivity contribution in [1.82, 2.24) is 4.57 Å². The van der Waals surface area contributed by atoms with Gasteiger partial charge in [0.25, 0.3) is 5.56 Å². The number of thiazole rings is 1. The summed E-state index contributed by atoms with van der Waals surface area (Å²) in [6, 6.07) is 12.8. The van der Waals surface area contributed by atoms with Gasteiger partial charge in [0.15, 0.2) is 4.80 Å². The second-order valence-corrected chi connectivity index (χ2v) is 12.7. The maximum absolute atomic E-state index is 13.9. The van der Waals surface area contributed by atoms with E-state index in [1.54, 1.807) is 18.4 Å². The minimum absolute atomic E-state index is 0.223. The van der Waals surface area contributed by atoms with Crippen molar-refractivity contribution in [2.24, 2.45) is 4.99 Å². The molecule has 1 aliphatic rings. The summed E-state index contributed by atoms with van der Waals surface area (Å²) in [4.78, 5) is 32.1. The number of rotatable bonds is 4. The van der Waals surface area contributed by atoms with Crippen LogP contribution < -0.4 is 14.9 Å². The third-order valence-corrected chi connectivity index (χ3v) is 7.66.